The van der Waals surface area contributed by atoms with Gasteiger partial charge in [-0.3, -0.25) is 4.79 Å². The molecular weight excluding hydrogens is 393 g/mol. The number of halogens is 1. The molecule has 0 aliphatic carbocycles. The van der Waals surface area contributed by atoms with Crippen molar-refractivity contribution in [2.45, 2.75) is 17.2 Å². The molecule has 0 saturated heterocycles. The van der Waals surface area contributed by atoms with E-state index in [0.29, 0.717) is 0 Å². The van der Waals surface area contributed by atoms with Crippen LogP contribution in [0.2, 0.25) is 0 Å². The first-order valence-electron chi connectivity index (χ1n) is 8.64. The fraction of sp³-hybridized carbons (Fsp3) is 0.0952. The first kappa shape index (κ1) is 18.6. The van der Waals surface area contributed by atoms with E-state index < -0.39 is 11.1 Å². The number of hydrogen-bond donors (Lipinski definition) is 1. The number of carbonyl (C=O) groups is 1. The fourth-order valence-corrected chi connectivity index (χ4v) is 4.65. The number of carbonyl (C=O) groups excluding carboxylic acids is 1. The predicted molar refractivity (Wildman–Crippen MR) is 113 cm³/mol. The van der Waals surface area contributed by atoms with E-state index in [1.807, 2.05) is 18.2 Å². The quantitative estimate of drug-likeness (QED) is 0.343. The van der Waals surface area contributed by atoms with Gasteiger partial charge in [0.2, 0.25) is 5.91 Å². The molecule has 0 fully saturated rings. The molecule has 0 aliphatic rings. The van der Waals surface area contributed by atoms with E-state index in [0.717, 1.165) is 25.7 Å². The highest BCUT2D eigenvalue weighted by atomic mass is 32.2. The van der Waals surface area contributed by atoms with Gasteiger partial charge in [0.25, 0.3) is 0 Å². The number of benzene rings is 2. The smallest absolute Gasteiger partial charge is 0.237 e. The van der Waals surface area contributed by atoms with Gasteiger partial charge in [0.05, 0.1) is 10.9 Å². The number of anilines is 1. The van der Waals surface area contributed by atoms with E-state index in [-0.39, 0.29) is 11.6 Å². The van der Waals surface area contributed by atoms with Crippen molar-refractivity contribution in [3.05, 3.63) is 72.8 Å². The summed E-state index contributed by atoms with van der Waals surface area (Å²) in [5.41, 5.74) is 1.29. The number of nitrogens with one attached hydrogen (secondary N) is 1. The number of nitrogens with zero attached hydrogens (tertiary/aromatic N) is 2. The minimum Gasteiger partial charge on any atom is -0.323 e. The van der Waals surface area contributed by atoms with Crippen molar-refractivity contribution in [1.29, 1.82) is 0 Å². The topological polar surface area (TPSA) is 54.9 Å². The molecule has 0 spiro atoms. The van der Waals surface area contributed by atoms with Gasteiger partial charge in [0.15, 0.2) is 0 Å². The normalized spacial score (nSPS) is 12.1. The lowest BCUT2D eigenvalue weighted by Crippen LogP contribution is -2.23. The van der Waals surface area contributed by atoms with E-state index in [9.17, 15) is 9.18 Å². The summed E-state index contributed by atoms with van der Waals surface area (Å²) in [5, 5.41) is 3.84. The molecule has 0 aliphatic heterocycles. The maximum atomic E-state index is 13.8. The number of rotatable bonds is 5. The van der Waals surface area contributed by atoms with Crippen LogP contribution < -0.4 is 5.32 Å². The molecule has 0 unspecified atom stereocenters. The largest absolute Gasteiger partial charge is 0.323 e. The highest BCUT2D eigenvalue weighted by molar-refractivity contribution is 8.00. The van der Waals surface area contributed by atoms with Gasteiger partial charge >= 0.3 is 0 Å². The molecular formula is C21H16FN3OS2. The van der Waals surface area contributed by atoms with Gasteiger partial charge in [-0.25, -0.2) is 14.4 Å². The number of amides is 1. The standard InChI is InChI=1S/C21H16FN3OS2/c1-13(19(26)25-17-10-6-5-9-16(17)22)27-20-15-11-18(14-7-3-2-4-8-14)28-21(15)24-12-23-20/h2-13H,1H3,(H,25,26)/t13-/m1/s1. The lowest BCUT2D eigenvalue weighted by molar-refractivity contribution is -0.115. The second kappa shape index (κ2) is 8.08. The summed E-state index contributed by atoms with van der Waals surface area (Å²) in [6.07, 6.45) is 1.51. The Bertz CT molecular complexity index is 1130. The Morgan fingerprint density at radius 1 is 1.11 bits per heavy atom. The van der Waals surface area contributed by atoms with Crippen molar-refractivity contribution in [3.8, 4) is 10.4 Å². The SMILES string of the molecule is C[C@@H](Sc1ncnc2sc(-c3ccccc3)cc12)C(=O)Nc1ccccc1F. The molecule has 7 heteroatoms. The molecule has 140 valence electrons. The average Bonchev–Trinajstić information content (AvgIpc) is 3.16. The third kappa shape index (κ3) is 3.90. The molecule has 2 aromatic heterocycles. The third-order valence-corrected chi connectivity index (χ3v) is 6.35. The van der Waals surface area contributed by atoms with Crippen molar-refractivity contribution in [2.75, 3.05) is 5.32 Å². The molecule has 2 aromatic carbocycles. The van der Waals surface area contributed by atoms with Gasteiger partial charge in [0, 0.05) is 10.3 Å². The Labute approximate surface area is 169 Å². The van der Waals surface area contributed by atoms with Crippen LogP contribution in [-0.2, 0) is 4.79 Å². The van der Waals surface area contributed by atoms with E-state index >= 15 is 0 Å². The monoisotopic (exact) mass is 409 g/mol. The molecule has 2 heterocycles. The van der Waals surface area contributed by atoms with Crippen LogP contribution in [0.1, 0.15) is 6.92 Å². The van der Waals surface area contributed by atoms with Crippen LogP contribution in [-0.4, -0.2) is 21.1 Å². The molecule has 1 amide bonds. The van der Waals surface area contributed by atoms with Crippen molar-refractivity contribution in [1.82, 2.24) is 9.97 Å². The van der Waals surface area contributed by atoms with E-state index in [1.54, 1.807) is 36.5 Å². The summed E-state index contributed by atoms with van der Waals surface area (Å²) in [4.78, 5) is 23.2. The molecule has 1 N–H and O–H groups in total. The van der Waals surface area contributed by atoms with Crippen molar-refractivity contribution < 1.29 is 9.18 Å². The van der Waals surface area contributed by atoms with Gasteiger partial charge in [-0.2, -0.15) is 0 Å². The maximum absolute atomic E-state index is 13.8. The molecule has 4 nitrogen and oxygen atoms in total. The van der Waals surface area contributed by atoms with Crippen molar-refractivity contribution in [2.24, 2.45) is 0 Å². The van der Waals surface area contributed by atoms with Crippen LogP contribution in [0.5, 0.6) is 0 Å². The summed E-state index contributed by atoms with van der Waals surface area (Å²) in [6, 6.07) is 18.3. The molecule has 0 saturated carbocycles. The maximum Gasteiger partial charge on any atom is 0.237 e. The number of aromatic nitrogens is 2. The predicted octanol–water partition coefficient (Wildman–Crippen LogP) is 5.62. The molecule has 4 rings (SSSR count). The Hall–Kier alpha value is -2.77. The number of para-hydroxylation sites is 1. The highest BCUT2D eigenvalue weighted by Crippen LogP contribution is 2.37. The van der Waals surface area contributed by atoms with Gasteiger partial charge in [-0.1, -0.05) is 54.2 Å². The van der Waals surface area contributed by atoms with E-state index in [2.05, 4.69) is 33.5 Å². The summed E-state index contributed by atoms with van der Waals surface area (Å²) < 4.78 is 13.8. The zero-order valence-corrected chi connectivity index (χ0v) is 16.6. The number of thioether (sulfide) groups is 1. The van der Waals surface area contributed by atoms with E-state index in [1.165, 1.54) is 24.2 Å². The minimum absolute atomic E-state index is 0.176. The molecule has 28 heavy (non-hydrogen) atoms. The second-order valence-electron chi connectivity index (χ2n) is 6.10. The van der Waals surface area contributed by atoms with Crippen molar-refractivity contribution in [3.63, 3.8) is 0 Å². The third-order valence-electron chi connectivity index (χ3n) is 4.14. The lowest BCUT2D eigenvalue weighted by Gasteiger charge is -2.12. The summed E-state index contributed by atoms with van der Waals surface area (Å²) in [7, 11) is 0. The zero-order valence-electron chi connectivity index (χ0n) is 14.9. The zero-order chi connectivity index (χ0) is 19.5. The van der Waals surface area contributed by atoms with E-state index in [4.69, 9.17) is 0 Å². The van der Waals surface area contributed by atoms with Gasteiger partial charge in [-0.15, -0.1) is 11.3 Å². The summed E-state index contributed by atoms with van der Waals surface area (Å²) in [6.45, 7) is 1.78. The van der Waals surface area contributed by atoms with Crippen LogP contribution in [0, 0.1) is 5.82 Å². The van der Waals surface area contributed by atoms with Crippen LogP contribution in [0.4, 0.5) is 10.1 Å². The molecule has 1 atom stereocenters. The minimum atomic E-state index is -0.456. The van der Waals surface area contributed by atoms with Crippen molar-refractivity contribution >= 4 is 44.9 Å². The van der Waals surface area contributed by atoms with Gasteiger partial charge in [0.1, 0.15) is 22.0 Å². The van der Waals surface area contributed by atoms with Crippen LogP contribution in [0.3, 0.4) is 0 Å². The number of fused-ring (bicyclic) bond motifs is 1. The number of hydrogen-bond acceptors (Lipinski definition) is 5. The molecule has 0 radical (unpaired) electrons. The molecule has 4 aromatic rings. The van der Waals surface area contributed by atoms with Crippen LogP contribution >= 0.6 is 23.1 Å². The second-order valence-corrected chi connectivity index (χ2v) is 8.46. The Kier molecular flexibility index (Phi) is 5.36. The first-order valence-corrected chi connectivity index (χ1v) is 10.3. The highest BCUT2D eigenvalue weighted by Gasteiger charge is 2.19. The van der Waals surface area contributed by atoms with Crippen LogP contribution in [0.25, 0.3) is 20.7 Å². The van der Waals surface area contributed by atoms with Gasteiger partial charge < -0.3 is 5.32 Å². The summed E-state index contributed by atoms with van der Waals surface area (Å²) >= 11 is 2.93. The average molecular weight is 410 g/mol. The lowest BCUT2D eigenvalue weighted by atomic mass is 10.2. The Morgan fingerprint density at radius 2 is 1.86 bits per heavy atom. The Balaban J connectivity index is 1.56. The molecule has 0 bridgehead atoms. The first-order chi connectivity index (χ1) is 13.6. The Morgan fingerprint density at radius 3 is 2.64 bits per heavy atom. The fourth-order valence-electron chi connectivity index (χ4n) is 2.69. The van der Waals surface area contributed by atoms with Crippen LogP contribution in [0.15, 0.2) is 72.0 Å². The summed E-state index contributed by atoms with van der Waals surface area (Å²) in [5.74, 6) is -0.733. The van der Waals surface area contributed by atoms with Gasteiger partial charge in [-0.05, 0) is 30.7 Å². The number of thiophene rings is 1.